The Kier molecular flexibility index (Phi) is 34.0. The van der Waals surface area contributed by atoms with Crippen molar-refractivity contribution >= 4 is 126 Å². The molecule has 1 aromatic rings. The number of amides is 3. The van der Waals surface area contributed by atoms with E-state index in [1.54, 1.807) is 0 Å². The van der Waals surface area contributed by atoms with E-state index in [1.165, 1.54) is 0 Å². The Balaban J connectivity index is 1.68. The quantitative estimate of drug-likeness (QED) is 0.0164. The summed E-state index contributed by atoms with van der Waals surface area (Å²) in [5.74, 6) is -13.1. The lowest BCUT2D eigenvalue weighted by atomic mass is 9.93. The molecule has 0 saturated carbocycles. The first kappa shape index (κ1) is 96.6. The summed E-state index contributed by atoms with van der Waals surface area (Å²) in [5.41, 5.74) is -0.426. The van der Waals surface area contributed by atoms with Crippen molar-refractivity contribution in [2.45, 2.75) is 149 Å². The average molecular weight is 1790 g/mol. The van der Waals surface area contributed by atoms with Crippen molar-refractivity contribution in [2.24, 2.45) is 0 Å². The third-order valence-electron chi connectivity index (χ3n) is 15.1. The number of aromatic nitrogens is 3. The molecule has 67 heteroatoms. The topological polar surface area (TPSA) is 855 Å². The first-order valence-electron chi connectivity index (χ1n) is 30.2. The van der Waals surface area contributed by atoms with E-state index in [4.69, 9.17) is 46.8 Å². The highest BCUT2D eigenvalue weighted by molar-refractivity contribution is 7.82. The lowest BCUT2D eigenvalue weighted by Crippen LogP contribution is -2.71. The van der Waals surface area contributed by atoms with Gasteiger partial charge in [0.25, 0.3) is 0 Å². The van der Waals surface area contributed by atoms with Gasteiger partial charge in [0.2, 0.25) is 17.7 Å². The molecule has 5 heterocycles. The molecule has 648 valence electrons. The molecular formula is C46H70N8O52S7. The number of carboxylic acid groups (broad SMARTS) is 2. The highest BCUT2D eigenvalue weighted by Crippen LogP contribution is 2.40. The number of aliphatic carboxylic acids is 2. The molecule has 4 aliphatic heterocycles. The van der Waals surface area contributed by atoms with Crippen molar-refractivity contribution in [3.63, 3.8) is 0 Å². The highest BCUT2D eigenvalue weighted by atomic mass is 32.3. The second-order valence-corrected chi connectivity index (χ2v) is 30.5. The second-order valence-electron chi connectivity index (χ2n) is 23.0. The average Bonchev–Trinajstić information content (AvgIpc) is 1.10. The number of methoxy groups -OCH3 is 4. The highest BCUT2D eigenvalue weighted by Gasteiger charge is 2.62. The number of carbonyl (C=O) groups is 9. The largest absolute Gasteiger partial charge is 0.479 e. The standard InChI is InChI=1S/C46H70N8O52S7/c1-16(55)48-26-32(30(102-109(74,75)76)20(14-93-107(68,69)70)95-41(26)54-8-18(50-51-54)7-47-40(63)19(53(12-24(59)91-5)13-25(60)92-6)9-52(10-22(57)89-3)11-23(58)90-4)97-45-29(62)28(61)34(37(100-45)42(64)65)99-44-27(49-17(2)56)33(31(103-110(77,78)79)21(96-44)15-94-108(71,72)73)98-46-39(106-113(86,87)88)36(105-112(83,84)85)35(104-111(80,81)82)38(101-46)43(66)67/h8,19-21,26-39,41,44-46,61-62H,7,9-15H2,1-6H3,(H,47,63)(H,48,55)(H,49,56)(H,64,65)(H,66,67)(H,68,69,70)(H,71,72,73)(H,74,75,76)(H,77,78,79)(H,80,81,82)(H,83,84,85)(H,86,87,88)/t19-,20-,21-,26-,27-,28-,29-,30-,31-,32-,33-,34+,35+,36+,37+,38+,39-,41-,44+,45-,46-/m1/s1. The van der Waals surface area contributed by atoms with Crippen molar-refractivity contribution in [1.29, 1.82) is 0 Å². The Morgan fingerprint density at radius 2 is 0.867 bits per heavy atom. The molecule has 113 heavy (non-hydrogen) atoms. The van der Waals surface area contributed by atoms with Crippen LogP contribution in [0, 0.1) is 0 Å². The van der Waals surface area contributed by atoms with Crippen molar-refractivity contribution < 1.29 is 236 Å². The molecular weight excluding hydrogens is 1720 g/mol. The van der Waals surface area contributed by atoms with Crippen molar-refractivity contribution in [1.82, 2.24) is 40.7 Å². The molecule has 0 aliphatic carbocycles. The zero-order valence-corrected chi connectivity index (χ0v) is 63.3. The summed E-state index contributed by atoms with van der Waals surface area (Å²) in [6.07, 6.45) is -54.6. The summed E-state index contributed by atoms with van der Waals surface area (Å²) in [6, 6.07) is -7.02. The Bertz CT molecular complexity index is 4390. The predicted octanol–water partition coefficient (Wildman–Crippen LogP) is -12.7. The smallest absolute Gasteiger partial charge is 0.397 e. The van der Waals surface area contributed by atoms with Gasteiger partial charge in [-0.1, -0.05) is 5.21 Å². The first-order chi connectivity index (χ1) is 51.8. The number of hydrogen-bond acceptors (Lipinski definition) is 47. The molecule has 4 saturated heterocycles. The Morgan fingerprint density at radius 3 is 1.31 bits per heavy atom. The SMILES string of the molecule is COC(=O)CN(CC(=O)OC)C[C@H](C(=O)NCc1cn([C@@H]2O[C@H](COS(=O)(=O)O)[C@@H](OS(=O)(=O)O)[C@H](O[C@@H]3O[C@H](C(=O)O)[C@@H](O[C@@H]4O[C@H](COS(=O)(=O)O)[C@@H](OS(=O)(=O)O)[C@H](O[C@@H]5O[C@H](C(=O)O)[C@@H](OS(=O)(=O)O)[C@H](OS(=O)(=O)O)[C@H]5OS(=O)(=O)O)[C@H]4NC(C)=O)[C@H](O)[C@H]3O)[C@H]2NC(C)=O)nn1)N(CC(=O)OC)CC(=O)OC. The maximum Gasteiger partial charge on any atom is 0.397 e. The number of esters is 4. The van der Waals surface area contributed by atoms with Crippen LogP contribution in [0.1, 0.15) is 25.8 Å². The van der Waals surface area contributed by atoms with Crippen LogP contribution < -0.4 is 16.0 Å². The molecule has 0 spiro atoms. The van der Waals surface area contributed by atoms with Gasteiger partial charge in [-0.3, -0.25) is 75.2 Å². The van der Waals surface area contributed by atoms with Gasteiger partial charge in [0, 0.05) is 20.4 Å². The van der Waals surface area contributed by atoms with Gasteiger partial charge in [0.15, 0.2) is 43.4 Å². The van der Waals surface area contributed by atoms with Crippen LogP contribution in [-0.2, 0) is 204 Å². The van der Waals surface area contributed by atoms with Crippen LogP contribution in [0.25, 0.3) is 0 Å². The van der Waals surface area contributed by atoms with Gasteiger partial charge >= 0.3 is 109 Å². The van der Waals surface area contributed by atoms with Crippen molar-refractivity contribution in [3.8, 4) is 0 Å². The molecule has 4 fully saturated rings. The molecule has 3 amide bonds. The Morgan fingerprint density at radius 1 is 0.478 bits per heavy atom. The maximum atomic E-state index is 14.3. The molecule has 0 bridgehead atoms. The van der Waals surface area contributed by atoms with Gasteiger partial charge in [-0.05, 0) is 0 Å². The zero-order chi connectivity index (χ0) is 85.8. The summed E-state index contributed by atoms with van der Waals surface area (Å²) in [7, 11) is -39.1. The first-order valence-corrected chi connectivity index (χ1v) is 39.8. The van der Waals surface area contributed by atoms with Crippen LogP contribution in [0.15, 0.2) is 6.20 Å². The number of carbonyl (C=O) groups excluding carboxylic acids is 7. The summed E-state index contributed by atoms with van der Waals surface area (Å²) >= 11 is 0. The normalized spacial score (nSPS) is 29.1. The fourth-order valence-electron chi connectivity index (χ4n) is 10.8. The summed E-state index contributed by atoms with van der Waals surface area (Å²) < 4.78 is 330. The number of carboxylic acids is 2. The number of ether oxygens (including phenoxy) is 11. The number of rotatable bonds is 41. The van der Waals surface area contributed by atoms with E-state index in [-0.39, 0.29) is 0 Å². The minimum absolute atomic E-state index is 0.426. The summed E-state index contributed by atoms with van der Waals surface area (Å²) in [4.78, 5) is 119. The molecule has 60 nitrogen and oxygen atoms in total. The van der Waals surface area contributed by atoms with Crippen LogP contribution in [0.3, 0.4) is 0 Å². The number of nitrogens with zero attached hydrogens (tertiary/aromatic N) is 5. The number of nitrogens with one attached hydrogen (secondary N) is 3. The van der Waals surface area contributed by atoms with Crippen LogP contribution in [0.4, 0.5) is 0 Å². The minimum Gasteiger partial charge on any atom is -0.479 e. The maximum absolute atomic E-state index is 14.3. The molecule has 0 unspecified atom stereocenters. The number of hydrogen-bond donors (Lipinski definition) is 14. The van der Waals surface area contributed by atoms with Crippen molar-refractivity contribution in [2.75, 3.05) is 74.4 Å². The van der Waals surface area contributed by atoms with Crippen LogP contribution >= 0.6 is 0 Å². The van der Waals surface area contributed by atoms with Crippen molar-refractivity contribution in [3.05, 3.63) is 11.9 Å². The molecule has 0 radical (unpaired) electrons. The minimum atomic E-state index is -6.37. The fraction of sp³-hybridized carbons (Fsp3) is 0.761. The lowest BCUT2D eigenvalue weighted by Gasteiger charge is -2.50. The zero-order valence-electron chi connectivity index (χ0n) is 57.6. The lowest BCUT2D eigenvalue weighted by molar-refractivity contribution is -0.363. The Labute approximate surface area is 635 Å². The van der Waals surface area contributed by atoms with Crippen LogP contribution in [-0.4, -0.2) is 386 Å². The van der Waals surface area contributed by atoms with Gasteiger partial charge < -0.3 is 88.5 Å². The van der Waals surface area contributed by atoms with E-state index >= 15 is 0 Å². The molecule has 1 aromatic heterocycles. The monoisotopic (exact) mass is 1790 g/mol. The van der Waals surface area contributed by atoms with E-state index in [1.807, 2.05) is 5.32 Å². The van der Waals surface area contributed by atoms with Gasteiger partial charge in [-0.2, -0.15) is 58.9 Å². The van der Waals surface area contributed by atoms with E-state index in [0.29, 0.717) is 18.5 Å². The third-order valence-corrected chi connectivity index (χ3v) is 18.3. The Hall–Kier alpha value is -6.98. The number of aliphatic hydroxyl groups is 2. The molecule has 5 rings (SSSR count). The predicted molar refractivity (Wildman–Crippen MR) is 336 cm³/mol. The summed E-state index contributed by atoms with van der Waals surface area (Å²) in [6.45, 7) is -7.26. The van der Waals surface area contributed by atoms with Gasteiger partial charge in [-0.15, -0.1) is 5.10 Å². The molecule has 0 aromatic carbocycles. The third kappa shape index (κ3) is 30.2. The second kappa shape index (κ2) is 39.8. The van der Waals surface area contributed by atoms with Crippen LogP contribution in [0.2, 0.25) is 0 Å². The fourth-order valence-corrected chi connectivity index (χ4v) is 13.9. The molecule has 21 atom stereocenters. The molecule has 14 N–H and O–H groups in total. The van der Waals surface area contributed by atoms with E-state index in [2.05, 4.69) is 55.5 Å². The van der Waals surface area contributed by atoms with E-state index in [0.717, 1.165) is 44.4 Å². The number of aliphatic hydroxyl groups excluding tert-OH is 2. The molecule has 4 aliphatic rings. The van der Waals surface area contributed by atoms with Gasteiger partial charge in [-0.25, -0.2) is 43.6 Å². The summed E-state index contributed by atoms with van der Waals surface area (Å²) in [5, 5.41) is 59.0. The van der Waals surface area contributed by atoms with Crippen LogP contribution in [0.5, 0.6) is 0 Å². The van der Waals surface area contributed by atoms with E-state index < -0.39 is 313 Å². The van der Waals surface area contributed by atoms with E-state index in [9.17, 15) is 154 Å². The van der Waals surface area contributed by atoms with Gasteiger partial charge in [0.1, 0.15) is 91.0 Å². The van der Waals surface area contributed by atoms with Gasteiger partial charge in [0.05, 0.1) is 80.6 Å².